The van der Waals surface area contributed by atoms with Gasteiger partial charge in [0.15, 0.2) is 5.82 Å². The Bertz CT molecular complexity index is 859. The number of sulfone groups is 1. The Balaban J connectivity index is 2.01. The van der Waals surface area contributed by atoms with Gasteiger partial charge in [0, 0.05) is 12.4 Å². The van der Waals surface area contributed by atoms with Gasteiger partial charge in [-0.05, 0) is 30.6 Å². The molecule has 0 saturated heterocycles. The fourth-order valence-corrected chi connectivity index (χ4v) is 3.78. The SMILES string of the molecule is Cc1ccc(S(=O)(=O)c2nc(-c3cnccn3)ns2)cc1. The maximum atomic E-state index is 12.5. The lowest BCUT2D eigenvalue weighted by molar-refractivity contribution is 0.595. The highest BCUT2D eigenvalue weighted by atomic mass is 32.2. The fraction of sp³-hybridized carbons (Fsp3) is 0.0769. The van der Waals surface area contributed by atoms with Crippen LogP contribution in [0.25, 0.3) is 11.5 Å². The molecule has 2 heterocycles. The molecule has 21 heavy (non-hydrogen) atoms. The molecule has 0 unspecified atom stereocenters. The van der Waals surface area contributed by atoms with E-state index in [1.165, 1.54) is 18.6 Å². The van der Waals surface area contributed by atoms with E-state index in [-0.39, 0.29) is 15.1 Å². The van der Waals surface area contributed by atoms with Crippen molar-refractivity contribution in [3.8, 4) is 11.5 Å². The van der Waals surface area contributed by atoms with Crippen molar-refractivity contribution in [3.63, 3.8) is 0 Å². The van der Waals surface area contributed by atoms with Gasteiger partial charge in [-0.1, -0.05) is 17.7 Å². The third-order valence-electron chi connectivity index (χ3n) is 2.76. The summed E-state index contributed by atoms with van der Waals surface area (Å²) in [6.07, 6.45) is 4.52. The van der Waals surface area contributed by atoms with Gasteiger partial charge in [0.05, 0.1) is 11.1 Å². The molecule has 6 nitrogen and oxygen atoms in total. The molecule has 106 valence electrons. The molecule has 0 saturated carbocycles. The van der Waals surface area contributed by atoms with Crippen molar-refractivity contribution in [3.05, 3.63) is 48.4 Å². The van der Waals surface area contributed by atoms with Crippen LogP contribution in [0.5, 0.6) is 0 Å². The Kier molecular flexibility index (Phi) is 3.48. The quantitative estimate of drug-likeness (QED) is 0.735. The topological polar surface area (TPSA) is 85.7 Å². The Hall–Kier alpha value is -2.19. The first-order chi connectivity index (χ1) is 10.1. The second kappa shape index (κ2) is 5.30. The van der Waals surface area contributed by atoms with Crippen molar-refractivity contribution >= 4 is 21.4 Å². The Morgan fingerprint density at radius 1 is 1.10 bits per heavy atom. The lowest BCUT2D eigenvalue weighted by atomic mass is 10.2. The van der Waals surface area contributed by atoms with E-state index in [9.17, 15) is 8.42 Å². The number of hydrogen-bond donors (Lipinski definition) is 0. The van der Waals surface area contributed by atoms with E-state index in [2.05, 4.69) is 19.3 Å². The highest BCUT2D eigenvalue weighted by Gasteiger charge is 2.23. The van der Waals surface area contributed by atoms with E-state index >= 15 is 0 Å². The van der Waals surface area contributed by atoms with Gasteiger partial charge in [-0.3, -0.25) is 4.98 Å². The van der Waals surface area contributed by atoms with Gasteiger partial charge >= 0.3 is 0 Å². The molecule has 1 aromatic carbocycles. The van der Waals surface area contributed by atoms with Gasteiger partial charge < -0.3 is 0 Å². The van der Waals surface area contributed by atoms with Crippen molar-refractivity contribution in [1.82, 2.24) is 19.3 Å². The first-order valence-electron chi connectivity index (χ1n) is 5.99. The molecule has 2 aromatic heterocycles. The standard InChI is InChI=1S/C13H10N4O2S2/c1-9-2-4-10(5-3-9)21(18,19)13-16-12(17-20-13)11-8-14-6-7-15-11/h2-8H,1H3. The molecule has 3 aromatic rings. The van der Waals surface area contributed by atoms with Crippen LogP contribution in [0.4, 0.5) is 0 Å². The molecule has 0 aliphatic heterocycles. The highest BCUT2D eigenvalue weighted by molar-refractivity contribution is 7.93. The van der Waals surface area contributed by atoms with Crippen LogP contribution in [0.15, 0.2) is 52.1 Å². The van der Waals surface area contributed by atoms with E-state index in [4.69, 9.17) is 0 Å². The zero-order valence-electron chi connectivity index (χ0n) is 11.0. The van der Waals surface area contributed by atoms with Crippen LogP contribution in [0.2, 0.25) is 0 Å². The second-order valence-electron chi connectivity index (χ2n) is 4.29. The highest BCUT2D eigenvalue weighted by Crippen LogP contribution is 2.25. The van der Waals surface area contributed by atoms with E-state index < -0.39 is 9.84 Å². The summed E-state index contributed by atoms with van der Waals surface area (Å²) in [6.45, 7) is 1.90. The van der Waals surface area contributed by atoms with E-state index in [1.807, 2.05) is 6.92 Å². The van der Waals surface area contributed by atoms with Crippen molar-refractivity contribution in [2.24, 2.45) is 0 Å². The van der Waals surface area contributed by atoms with Gasteiger partial charge in [0.25, 0.3) is 0 Å². The van der Waals surface area contributed by atoms with Crippen LogP contribution in [0, 0.1) is 6.92 Å². The predicted molar refractivity (Wildman–Crippen MR) is 77.6 cm³/mol. The number of aryl methyl sites for hydroxylation is 1. The minimum atomic E-state index is -3.65. The maximum absolute atomic E-state index is 12.5. The van der Waals surface area contributed by atoms with E-state index in [0.717, 1.165) is 17.1 Å². The van der Waals surface area contributed by atoms with E-state index in [0.29, 0.717) is 5.69 Å². The van der Waals surface area contributed by atoms with Crippen molar-refractivity contribution in [1.29, 1.82) is 0 Å². The summed E-state index contributed by atoms with van der Waals surface area (Å²) in [5.74, 6) is 0.263. The van der Waals surface area contributed by atoms with Gasteiger partial charge in [0.1, 0.15) is 5.69 Å². The summed E-state index contributed by atoms with van der Waals surface area (Å²) >= 11 is 0.834. The zero-order valence-corrected chi connectivity index (χ0v) is 12.6. The fourth-order valence-electron chi connectivity index (χ4n) is 1.66. The largest absolute Gasteiger partial charge is 0.261 e. The van der Waals surface area contributed by atoms with Crippen LogP contribution in [-0.2, 0) is 9.84 Å². The van der Waals surface area contributed by atoms with Gasteiger partial charge in [-0.25, -0.2) is 18.4 Å². The van der Waals surface area contributed by atoms with Gasteiger partial charge in [-0.15, -0.1) is 0 Å². The molecule has 8 heteroatoms. The predicted octanol–water partition coefficient (Wildman–Crippen LogP) is 2.14. The van der Waals surface area contributed by atoms with Crippen molar-refractivity contribution in [2.45, 2.75) is 16.2 Å². The normalized spacial score (nSPS) is 11.5. The van der Waals surface area contributed by atoms with Crippen LogP contribution < -0.4 is 0 Å². The van der Waals surface area contributed by atoms with Crippen molar-refractivity contribution < 1.29 is 8.42 Å². The number of aromatic nitrogens is 4. The number of rotatable bonds is 3. The van der Waals surface area contributed by atoms with E-state index in [1.54, 1.807) is 24.3 Å². The minimum Gasteiger partial charge on any atom is -0.261 e. The molecule has 0 amide bonds. The zero-order chi connectivity index (χ0) is 14.9. The third-order valence-corrected chi connectivity index (χ3v) is 5.60. The molecule has 0 radical (unpaired) electrons. The smallest absolute Gasteiger partial charge is 0.235 e. The first kappa shape index (κ1) is 13.8. The summed E-state index contributed by atoms with van der Waals surface area (Å²) < 4.78 is 28.9. The Labute approximate surface area is 125 Å². The molecular formula is C13H10N4O2S2. The minimum absolute atomic E-state index is 0.0491. The maximum Gasteiger partial charge on any atom is 0.235 e. The molecule has 3 rings (SSSR count). The molecule has 0 fully saturated rings. The summed E-state index contributed by atoms with van der Waals surface area (Å²) in [6, 6.07) is 6.62. The van der Waals surface area contributed by atoms with Crippen LogP contribution >= 0.6 is 11.5 Å². The average Bonchev–Trinajstić information content (AvgIpc) is 2.99. The molecule has 0 aliphatic rings. The lowest BCUT2D eigenvalue weighted by Gasteiger charge is -2.00. The monoisotopic (exact) mass is 318 g/mol. The lowest BCUT2D eigenvalue weighted by Crippen LogP contribution is -2.01. The Morgan fingerprint density at radius 2 is 1.86 bits per heavy atom. The number of nitrogens with zero attached hydrogens (tertiary/aromatic N) is 4. The molecule has 0 aliphatic carbocycles. The third kappa shape index (κ3) is 2.67. The summed E-state index contributed by atoms with van der Waals surface area (Å²) in [5, 5.41) is 0. The first-order valence-corrected chi connectivity index (χ1v) is 8.25. The average molecular weight is 318 g/mol. The van der Waals surface area contributed by atoms with Crippen LogP contribution in [0.3, 0.4) is 0 Å². The van der Waals surface area contributed by atoms with Crippen molar-refractivity contribution in [2.75, 3.05) is 0 Å². The summed E-state index contributed by atoms with van der Waals surface area (Å²) in [7, 11) is -3.65. The molecule has 0 atom stereocenters. The number of hydrogen-bond acceptors (Lipinski definition) is 7. The van der Waals surface area contributed by atoms with Crippen LogP contribution in [-0.4, -0.2) is 27.7 Å². The van der Waals surface area contributed by atoms with Gasteiger partial charge in [0.2, 0.25) is 14.2 Å². The van der Waals surface area contributed by atoms with Crippen LogP contribution in [0.1, 0.15) is 5.56 Å². The molecular weight excluding hydrogens is 308 g/mol. The second-order valence-corrected chi connectivity index (χ2v) is 7.17. The molecule has 0 spiro atoms. The summed E-state index contributed by atoms with van der Waals surface area (Å²) in [4.78, 5) is 12.2. The Morgan fingerprint density at radius 3 is 2.52 bits per heavy atom. The summed E-state index contributed by atoms with van der Waals surface area (Å²) in [5.41, 5.74) is 1.44. The molecule has 0 N–H and O–H groups in total. The van der Waals surface area contributed by atoms with Gasteiger partial charge in [-0.2, -0.15) is 4.37 Å². The molecule has 0 bridgehead atoms. The number of benzene rings is 1.